The zero-order valence-electron chi connectivity index (χ0n) is 16.2. The van der Waals surface area contributed by atoms with Crippen molar-refractivity contribution in [1.82, 2.24) is 16.0 Å². The van der Waals surface area contributed by atoms with Gasteiger partial charge in [0.1, 0.15) is 18.1 Å². The van der Waals surface area contributed by atoms with E-state index in [1.54, 1.807) is 13.8 Å². The number of hydrogen-bond donors (Lipinski definition) is 5. The maximum atomic E-state index is 12.4. The molecular weight excluding hydrogens is 340 g/mol. The molecule has 9 heteroatoms. The van der Waals surface area contributed by atoms with Crippen LogP contribution in [0.1, 0.15) is 47.5 Å². The van der Waals surface area contributed by atoms with Crippen LogP contribution in [0.15, 0.2) is 0 Å². The van der Waals surface area contributed by atoms with Crippen molar-refractivity contribution in [3.63, 3.8) is 0 Å². The van der Waals surface area contributed by atoms with Gasteiger partial charge in [-0.15, -0.1) is 0 Å². The fourth-order valence-corrected chi connectivity index (χ4v) is 2.27. The summed E-state index contributed by atoms with van der Waals surface area (Å²) in [5.74, 6) is -2.68. The predicted molar refractivity (Wildman–Crippen MR) is 97.1 cm³/mol. The Balaban J connectivity index is 4.85. The first-order chi connectivity index (χ1) is 12.0. The standard InChI is InChI=1S/C17H32N4O5/c1-9(2)8-12(17(25)26)20-15(23)11(5)19-16(24)14(10(3)4)21-13(22)6-7-18/h9-12,14H,6-8,18H2,1-5H3,(H,19,24)(H,20,23)(H,21,22)(H,25,26)/t11-,12-,14-/m0/s1. The zero-order valence-corrected chi connectivity index (χ0v) is 16.2. The Hall–Kier alpha value is -2.16. The lowest BCUT2D eigenvalue weighted by molar-refractivity contribution is -0.142. The van der Waals surface area contributed by atoms with Crippen LogP contribution in [-0.4, -0.2) is 53.5 Å². The summed E-state index contributed by atoms with van der Waals surface area (Å²) in [6.45, 7) is 8.86. The molecule has 0 fully saturated rings. The van der Waals surface area contributed by atoms with Gasteiger partial charge in [-0.1, -0.05) is 27.7 Å². The molecule has 0 aromatic heterocycles. The molecule has 0 unspecified atom stereocenters. The van der Waals surface area contributed by atoms with Crippen molar-refractivity contribution in [2.45, 2.75) is 65.6 Å². The van der Waals surface area contributed by atoms with E-state index in [1.807, 2.05) is 13.8 Å². The molecule has 3 atom stereocenters. The van der Waals surface area contributed by atoms with Crippen LogP contribution in [0.4, 0.5) is 0 Å². The van der Waals surface area contributed by atoms with Crippen LogP contribution in [0, 0.1) is 11.8 Å². The molecular formula is C17H32N4O5. The minimum absolute atomic E-state index is 0.0874. The van der Waals surface area contributed by atoms with E-state index in [9.17, 15) is 24.3 Å². The lowest BCUT2D eigenvalue weighted by atomic mass is 10.0. The number of rotatable bonds is 11. The number of amides is 3. The highest BCUT2D eigenvalue weighted by Gasteiger charge is 2.28. The molecule has 3 amide bonds. The highest BCUT2D eigenvalue weighted by atomic mass is 16.4. The number of carbonyl (C=O) groups excluding carboxylic acids is 3. The molecule has 0 rings (SSSR count). The molecule has 0 aromatic rings. The van der Waals surface area contributed by atoms with E-state index in [1.165, 1.54) is 6.92 Å². The second-order valence-corrected chi connectivity index (χ2v) is 7.09. The molecule has 0 radical (unpaired) electrons. The van der Waals surface area contributed by atoms with Crippen LogP contribution in [0.2, 0.25) is 0 Å². The molecule has 6 N–H and O–H groups in total. The van der Waals surface area contributed by atoms with Crippen molar-refractivity contribution in [2.75, 3.05) is 6.54 Å². The summed E-state index contributed by atoms with van der Waals surface area (Å²) in [6.07, 6.45) is 0.382. The summed E-state index contributed by atoms with van der Waals surface area (Å²) < 4.78 is 0. The van der Waals surface area contributed by atoms with Gasteiger partial charge in [-0.25, -0.2) is 4.79 Å². The zero-order chi connectivity index (χ0) is 20.4. The van der Waals surface area contributed by atoms with E-state index < -0.39 is 35.9 Å². The van der Waals surface area contributed by atoms with Gasteiger partial charge in [0.15, 0.2) is 0 Å². The van der Waals surface area contributed by atoms with Gasteiger partial charge in [0.25, 0.3) is 0 Å². The second-order valence-electron chi connectivity index (χ2n) is 7.09. The smallest absolute Gasteiger partial charge is 0.326 e. The van der Waals surface area contributed by atoms with Crippen molar-refractivity contribution in [3.05, 3.63) is 0 Å². The van der Waals surface area contributed by atoms with Crippen LogP contribution in [0.25, 0.3) is 0 Å². The minimum atomic E-state index is -1.13. The van der Waals surface area contributed by atoms with E-state index in [4.69, 9.17) is 5.73 Å². The summed E-state index contributed by atoms with van der Waals surface area (Å²) >= 11 is 0. The van der Waals surface area contributed by atoms with Gasteiger partial charge in [0.2, 0.25) is 17.7 Å². The lowest BCUT2D eigenvalue weighted by Crippen LogP contribution is -2.56. The van der Waals surface area contributed by atoms with Crippen LogP contribution >= 0.6 is 0 Å². The third-order valence-corrected chi connectivity index (χ3v) is 3.71. The Kier molecular flexibility index (Phi) is 10.5. The predicted octanol–water partition coefficient (Wildman–Crippen LogP) is -0.404. The van der Waals surface area contributed by atoms with Gasteiger partial charge >= 0.3 is 5.97 Å². The highest BCUT2D eigenvalue weighted by molar-refractivity contribution is 5.93. The molecule has 0 aliphatic heterocycles. The normalized spacial score (nSPS) is 14.5. The first kappa shape index (κ1) is 23.8. The van der Waals surface area contributed by atoms with E-state index in [-0.39, 0.29) is 37.1 Å². The number of carboxylic acids is 1. The van der Waals surface area contributed by atoms with E-state index in [0.29, 0.717) is 0 Å². The Labute approximate surface area is 154 Å². The molecule has 0 spiro atoms. The first-order valence-corrected chi connectivity index (χ1v) is 8.82. The highest BCUT2D eigenvalue weighted by Crippen LogP contribution is 2.06. The van der Waals surface area contributed by atoms with Crippen LogP contribution < -0.4 is 21.7 Å². The second kappa shape index (κ2) is 11.5. The number of hydrogen-bond acceptors (Lipinski definition) is 5. The van der Waals surface area contributed by atoms with Gasteiger partial charge in [0, 0.05) is 13.0 Å². The summed E-state index contributed by atoms with van der Waals surface area (Å²) in [5, 5.41) is 16.7. The van der Waals surface area contributed by atoms with Gasteiger partial charge in [0.05, 0.1) is 0 Å². The molecule has 0 saturated carbocycles. The van der Waals surface area contributed by atoms with E-state index >= 15 is 0 Å². The maximum absolute atomic E-state index is 12.4. The molecule has 150 valence electrons. The number of nitrogens with two attached hydrogens (primary N) is 1. The van der Waals surface area contributed by atoms with Crippen molar-refractivity contribution in [1.29, 1.82) is 0 Å². The minimum Gasteiger partial charge on any atom is -0.480 e. The molecule has 26 heavy (non-hydrogen) atoms. The molecule has 0 aliphatic rings. The summed E-state index contributed by atoms with van der Waals surface area (Å²) in [4.78, 5) is 47.5. The largest absolute Gasteiger partial charge is 0.480 e. The Morgan fingerprint density at radius 2 is 1.50 bits per heavy atom. The van der Waals surface area contributed by atoms with Crippen LogP contribution in [0.3, 0.4) is 0 Å². The lowest BCUT2D eigenvalue weighted by Gasteiger charge is -2.24. The molecule has 0 aliphatic carbocycles. The number of nitrogens with one attached hydrogen (secondary N) is 3. The quantitative estimate of drug-likeness (QED) is 0.333. The van der Waals surface area contributed by atoms with Gasteiger partial charge in [-0.3, -0.25) is 14.4 Å². The SMILES string of the molecule is CC(C)C[C@H](NC(=O)[C@H](C)NC(=O)[C@@H](NC(=O)CCN)C(C)C)C(=O)O. The fourth-order valence-electron chi connectivity index (χ4n) is 2.27. The average molecular weight is 372 g/mol. The monoisotopic (exact) mass is 372 g/mol. The van der Waals surface area contributed by atoms with Crippen molar-refractivity contribution < 1.29 is 24.3 Å². The average Bonchev–Trinajstić information content (AvgIpc) is 2.50. The molecule has 0 aromatic carbocycles. The van der Waals surface area contributed by atoms with Crippen molar-refractivity contribution >= 4 is 23.7 Å². The Morgan fingerprint density at radius 3 is 1.92 bits per heavy atom. The fraction of sp³-hybridized carbons (Fsp3) is 0.765. The molecule has 9 nitrogen and oxygen atoms in total. The maximum Gasteiger partial charge on any atom is 0.326 e. The van der Waals surface area contributed by atoms with Gasteiger partial charge in [-0.05, 0) is 25.2 Å². The number of carboxylic acid groups (broad SMARTS) is 1. The third kappa shape index (κ3) is 8.80. The number of carbonyl (C=O) groups is 4. The van der Waals surface area contributed by atoms with Crippen LogP contribution in [0.5, 0.6) is 0 Å². The Morgan fingerprint density at radius 1 is 0.923 bits per heavy atom. The van der Waals surface area contributed by atoms with E-state index in [2.05, 4.69) is 16.0 Å². The summed E-state index contributed by atoms with van der Waals surface area (Å²) in [7, 11) is 0. The van der Waals surface area contributed by atoms with Crippen LogP contribution in [-0.2, 0) is 19.2 Å². The van der Waals surface area contributed by atoms with Gasteiger partial charge in [-0.2, -0.15) is 0 Å². The summed E-state index contributed by atoms with van der Waals surface area (Å²) in [5.41, 5.74) is 5.32. The molecule has 0 saturated heterocycles. The molecule has 0 heterocycles. The third-order valence-electron chi connectivity index (χ3n) is 3.71. The molecule has 0 bridgehead atoms. The topological polar surface area (TPSA) is 151 Å². The first-order valence-electron chi connectivity index (χ1n) is 8.82. The van der Waals surface area contributed by atoms with Crippen molar-refractivity contribution in [3.8, 4) is 0 Å². The number of aliphatic carboxylic acids is 1. The van der Waals surface area contributed by atoms with Gasteiger partial charge < -0.3 is 26.8 Å². The van der Waals surface area contributed by atoms with E-state index in [0.717, 1.165) is 0 Å². The van der Waals surface area contributed by atoms with Crippen molar-refractivity contribution in [2.24, 2.45) is 17.6 Å². The Bertz CT molecular complexity index is 507. The summed E-state index contributed by atoms with van der Waals surface area (Å²) in [6, 6.07) is -2.77.